The van der Waals surface area contributed by atoms with E-state index in [0.717, 1.165) is 31.7 Å². The van der Waals surface area contributed by atoms with Crippen LogP contribution in [0, 0.1) is 10.8 Å². The minimum absolute atomic E-state index is 0.221. The van der Waals surface area contributed by atoms with Crippen LogP contribution in [0.1, 0.15) is 33.1 Å². The second-order valence-electron chi connectivity index (χ2n) is 4.76. The fourth-order valence-corrected chi connectivity index (χ4v) is 3.26. The third-order valence-electron chi connectivity index (χ3n) is 3.27. The van der Waals surface area contributed by atoms with Gasteiger partial charge in [0.1, 0.15) is 0 Å². The molecule has 0 bridgehead atoms. The molecule has 0 aromatic heterocycles. The number of rotatable bonds is 8. The molecule has 17 heavy (non-hydrogen) atoms. The monoisotopic (exact) mass is 257 g/mol. The highest BCUT2D eigenvalue weighted by Gasteiger charge is 2.42. The number of thioether (sulfide) groups is 1. The van der Waals surface area contributed by atoms with Crippen molar-refractivity contribution in [2.24, 2.45) is 11.1 Å². The molecule has 0 radical (unpaired) electrons. The Kier molecular flexibility index (Phi) is 5.31. The largest absolute Gasteiger partial charge is 0.388 e. The first-order valence-corrected chi connectivity index (χ1v) is 7.37. The molecule has 0 aromatic carbocycles. The van der Waals surface area contributed by atoms with Crippen LogP contribution in [0.5, 0.6) is 0 Å². The van der Waals surface area contributed by atoms with Crippen molar-refractivity contribution in [2.45, 2.75) is 33.1 Å². The van der Waals surface area contributed by atoms with Crippen molar-refractivity contribution in [1.82, 2.24) is 4.90 Å². The SMILES string of the molecule is CCN(CC)C(=O)CSCC1(CC(=N)N)CC1. The fraction of sp³-hybridized carbons (Fsp3) is 0.833. The third-order valence-corrected chi connectivity index (χ3v) is 4.54. The predicted octanol–water partition coefficient (Wildman–Crippen LogP) is 1.69. The molecule has 1 aliphatic rings. The molecule has 0 spiro atoms. The summed E-state index contributed by atoms with van der Waals surface area (Å²) >= 11 is 1.69. The van der Waals surface area contributed by atoms with Gasteiger partial charge in [-0.2, -0.15) is 11.8 Å². The average molecular weight is 257 g/mol. The Morgan fingerprint density at radius 2 is 2.00 bits per heavy atom. The van der Waals surface area contributed by atoms with Crippen molar-refractivity contribution in [3.05, 3.63) is 0 Å². The topological polar surface area (TPSA) is 70.2 Å². The molecule has 1 amide bonds. The summed E-state index contributed by atoms with van der Waals surface area (Å²) in [6, 6.07) is 0. The second kappa shape index (κ2) is 6.28. The zero-order valence-corrected chi connectivity index (χ0v) is 11.6. The van der Waals surface area contributed by atoms with E-state index in [1.165, 1.54) is 0 Å². The fourth-order valence-electron chi connectivity index (χ4n) is 1.98. The van der Waals surface area contributed by atoms with Crippen molar-refractivity contribution < 1.29 is 4.79 Å². The number of hydrogen-bond acceptors (Lipinski definition) is 3. The van der Waals surface area contributed by atoms with Crippen molar-refractivity contribution in [1.29, 1.82) is 5.41 Å². The molecule has 4 nitrogen and oxygen atoms in total. The average Bonchev–Trinajstić information content (AvgIpc) is 2.99. The number of nitrogens with two attached hydrogens (primary N) is 1. The molecular formula is C12H23N3OS. The number of carbonyl (C=O) groups excluding carboxylic acids is 1. The first-order valence-electron chi connectivity index (χ1n) is 6.21. The molecule has 0 unspecified atom stereocenters. The minimum Gasteiger partial charge on any atom is -0.388 e. The normalized spacial score (nSPS) is 16.6. The van der Waals surface area contributed by atoms with Crippen LogP contribution in [0.25, 0.3) is 0 Å². The van der Waals surface area contributed by atoms with Crippen LogP contribution in [0.15, 0.2) is 0 Å². The molecule has 1 saturated carbocycles. The lowest BCUT2D eigenvalue weighted by atomic mass is 10.1. The van der Waals surface area contributed by atoms with Gasteiger partial charge < -0.3 is 10.6 Å². The maximum absolute atomic E-state index is 11.8. The molecule has 0 saturated heterocycles. The van der Waals surface area contributed by atoms with E-state index in [2.05, 4.69) is 0 Å². The number of amides is 1. The van der Waals surface area contributed by atoms with Crippen LogP contribution in [-0.4, -0.2) is 41.2 Å². The van der Waals surface area contributed by atoms with Gasteiger partial charge in [-0.1, -0.05) is 0 Å². The van der Waals surface area contributed by atoms with E-state index < -0.39 is 0 Å². The lowest BCUT2D eigenvalue weighted by Crippen LogP contribution is -2.32. The maximum atomic E-state index is 11.8. The summed E-state index contributed by atoms with van der Waals surface area (Å²) in [4.78, 5) is 13.6. The highest BCUT2D eigenvalue weighted by atomic mass is 32.2. The lowest BCUT2D eigenvalue weighted by Gasteiger charge is -2.19. The number of nitrogens with one attached hydrogen (secondary N) is 1. The van der Waals surface area contributed by atoms with E-state index in [-0.39, 0.29) is 17.2 Å². The van der Waals surface area contributed by atoms with Crippen LogP contribution >= 0.6 is 11.8 Å². The van der Waals surface area contributed by atoms with Gasteiger partial charge in [-0.05, 0) is 37.9 Å². The molecule has 0 aromatic rings. The van der Waals surface area contributed by atoms with E-state index in [9.17, 15) is 4.79 Å². The molecule has 5 heteroatoms. The third kappa shape index (κ3) is 4.58. The highest BCUT2D eigenvalue weighted by Crippen LogP contribution is 2.50. The first-order chi connectivity index (χ1) is 8.03. The minimum atomic E-state index is 0.221. The van der Waals surface area contributed by atoms with Gasteiger partial charge in [-0.3, -0.25) is 10.2 Å². The molecule has 1 fully saturated rings. The smallest absolute Gasteiger partial charge is 0.232 e. The van der Waals surface area contributed by atoms with Crippen molar-refractivity contribution in [2.75, 3.05) is 24.6 Å². The Balaban J connectivity index is 2.24. The Morgan fingerprint density at radius 1 is 1.41 bits per heavy atom. The number of nitrogens with zero attached hydrogens (tertiary/aromatic N) is 1. The summed E-state index contributed by atoms with van der Waals surface area (Å²) in [5, 5.41) is 7.33. The molecule has 0 atom stereocenters. The Labute approximate surface area is 108 Å². The van der Waals surface area contributed by atoms with Crippen LogP contribution in [0.2, 0.25) is 0 Å². The summed E-state index contributed by atoms with van der Waals surface area (Å²) < 4.78 is 0. The van der Waals surface area contributed by atoms with Crippen molar-refractivity contribution >= 4 is 23.5 Å². The molecule has 98 valence electrons. The van der Waals surface area contributed by atoms with Gasteiger partial charge in [0.25, 0.3) is 0 Å². The van der Waals surface area contributed by atoms with Gasteiger partial charge in [0.2, 0.25) is 5.91 Å². The molecule has 0 aliphatic heterocycles. The Bertz CT molecular complexity index is 285. The summed E-state index contributed by atoms with van der Waals surface area (Å²) in [6.07, 6.45) is 3.00. The zero-order chi connectivity index (χ0) is 12.9. The number of amidine groups is 1. The molecule has 1 rings (SSSR count). The standard InChI is InChI=1S/C12H23N3OS/c1-3-15(4-2)11(16)8-17-9-12(5-6-12)7-10(13)14/h3-9H2,1-2H3,(H3,13,14). The Hall–Kier alpha value is -0.710. The second-order valence-corrected chi connectivity index (χ2v) is 5.75. The zero-order valence-electron chi connectivity index (χ0n) is 10.8. The maximum Gasteiger partial charge on any atom is 0.232 e. The summed E-state index contributed by atoms with van der Waals surface area (Å²) in [6.45, 7) is 5.58. The van der Waals surface area contributed by atoms with Crippen molar-refractivity contribution in [3.8, 4) is 0 Å². The molecular weight excluding hydrogens is 234 g/mol. The first kappa shape index (κ1) is 14.4. The van der Waals surface area contributed by atoms with Crippen LogP contribution < -0.4 is 5.73 Å². The quantitative estimate of drug-likeness (QED) is 0.513. The van der Waals surface area contributed by atoms with E-state index in [1.807, 2.05) is 18.7 Å². The van der Waals surface area contributed by atoms with Gasteiger partial charge in [0.05, 0.1) is 11.6 Å². The lowest BCUT2D eigenvalue weighted by molar-refractivity contribution is -0.127. The van der Waals surface area contributed by atoms with Gasteiger partial charge in [-0.25, -0.2) is 0 Å². The van der Waals surface area contributed by atoms with Gasteiger partial charge in [-0.15, -0.1) is 0 Å². The molecule has 0 heterocycles. The highest BCUT2D eigenvalue weighted by molar-refractivity contribution is 7.99. The summed E-state index contributed by atoms with van der Waals surface area (Å²) in [7, 11) is 0. The van der Waals surface area contributed by atoms with E-state index in [0.29, 0.717) is 12.2 Å². The number of carbonyl (C=O) groups is 1. The van der Waals surface area contributed by atoms with Gasteiger partial charge in [0, 0.05) is 19.5 Å². The van der Waals surface area contributed by atoms with Gasteiger partial charge >= 0.3 is 0 Å². The molecule has 3 N–H and O–H groups in total. The summed E-state index contributed by atoms with van der Waals surface area (Å²) in [5.41, 5.74) is 5.68. The van der Waals surface area contributed by atoms with E-state index >= 15 is 0 Å². The van der Waals surface area contributed by atoms with Gasteiger partial charge in [0.15, 0.2) is 0 Å². The van der Waals surface area contributed by atoms with Crippen LogP contribution in [0.4, 0.5) is 0 Å². The summed E-state index contributed by atoms with van der Waals surface area (Å²) in [5.74, 6) is 2.01. The predicted molar refractivity (Wildman–Crippen MR) is 73.5 cm³/mol. The van der Waals surface area contributed by atoms with Crippen molar-refractivity contribution in [3.63, 3.8) is 0 Å². The Morgan fingerprint density at radius 3 is 2.41 bits per heavy atom. The molecule has 1 aliphatic carbocycles. The van der Waals surface area contributed by atoms with E-state index in [1.54, 1.807) is 11.8 Å². The number of hydrogen-bond donors (Lipinski definition) is 2. The van der Waals surface area contributed by atoms with Crippen LogP contribution in [0.3, 0.4) is 0 Å². The van der Waals surface area contributed by atoms with E-state index in [4.69, 9.17) is 11.1 Å². The van der Waals surface area contributed by atoms with Crippen LogP contribution in [-0.2, 0) is 4.79 Å².